The van der Waals surface area contributed by atoms with Gasteiger partial charge in [0.1, 0.15) is 0 Å². The van der Waals surface area contributed by atoms with Crippen molar-refractivity contribution in [1.82, 2.24) is 4.90 Å². The summed E-state index contributed by atoms with van der Waals surface area (Å²) < 4.78 is 0. The quantitative estimate of drug-likeness (QED) is 0.904. The molecule has 2 rings (SSSR count). The highest BCUT2D eigenvalue weighted by molar-refractivity contribution is 5.77. The van der Waals surface area contributed by atoms with Gasteiger partial charge in [0.2, 0.25) is 5.91 Å². The van der Waals surface area contributed by atoms with Crippen molar-refractivity contribution in [3.8, 4) is 0 Å². The van der Waals surface area contributed by atoms with Gasteiger partial charge in [0, 0.05) is 25.0 Å². The molecule has 0 bridgehead atoms. The fourth-order valence-electron chi connectivity index (χ4n) is 3.56. The van der Waals surface area contributed by atoms with Gasteiger partial charge in [0.25, 0.3) is 0 Å². The van der Waals surface area contributed by atoms with Crippen LogP contribution in [0.25, 0.3) is 0 Å². The highest BCUT2D eigenvalue weighted by Gasteiger charge is 2.31. The second-order valence-electron chi connectivity index (χ2n) is 6.97. The molecule has 0 spiro atoms. The van der Waals surface area contributed by atoms with Crippen LogP contribution in [0.15, 0.2) is 30.3 Å². The lowest BCUT2D eigenvalue weighted by Crippen LogP contribution is -2.52. The van der Waals surface area contributed by atoms with Gasteiger partial charge in [0.05, 0.1) is 0 Å². The van der Waals surface area contributed by atoms with E-state index in [4.69, 9.17) is 5.73 Å². The highest BCUT2D eigenvalue weighted by Crippen LogP contribution is 2.30. The van der Waals surface area contributed by atoms with Crippen LogP contribution < -0.4 is 5.73 Å². The molecular weight excluding hydrogens is 272 g/mol. The molecule has 3 atom stereocenters. The molecule has 0 aliphatic carbocycles. The molecule has 1 aromatic rings. The lowest BCUT2D eigenvalue weighted by atomic mass is 9.85. The van der Waals surface area contributed by atoms with Crippen LogP contribution >= 0.6 is 0 Å². The van der Waals surface area contributed by atoms with Crippen molar-refractivity contribution in [2.24, 2.45) is 11.7 Å². The maximum absolute atomic E-state index is 12.9. The van der Waals surface area contributed by atoms with Crippen molar-refractivity contribution in [1.29, 1.82) is 0 Å². The van der Waals surface area contributed by atoms with Crippen LogP contribution in [0.1, 0.15) is 57.9 Å². The first-order chi connectivity index (χ1) is 10.5. The summed E-state index contributed by atoms with van der Waals surface area (Å²) in [6.07, 6.45) is 3.92. The van der Waals surface area contributed by atoms with Gasteiger partial charge in [-0.2, -0.15) is 0 Å². The van der Waals surface area contributed by atoms with E-state index >= 15 is 0 Å². The van der Waals surface area contributed by atoms with E-state index < -0.39 is 0 Å². The minimum atomic E-state index is 0.0541. The van der Waals surface area contributed by atoms with Crippen molar-refractivity contribution in [3.05, 3.63) is 35.9 Å². The van der Waals surface area contributed by atoms with E-state index in [-0.39, 0.29) is 23.9 Å². The Balaban J connectivity index is 2.10. The number of hydrogen-bond acceptors (Lipinski definition) is 2. The second kappa shape index (κ2) is 7.77. The Morgan fingerprint density at radius 3 is 2.50 bits per heavy atom. The van der Waals surface area contributed by atoms with E-state index in [0.717, 1.165) is 19.4 Å². The third kappa shape index (κ3) is 4.10. The van der Waals surface area contributed by atoms with Crippen LogP contribution in [-0.4, -0.2) is 29.4 Å². The summed E-state index contributed by atoms with van der Waals surface area (Å²) in [4.78, 5) is 14.9. The second-order valence-corrected chi connectivity index (χ2v) is 6.97. The number of carbonyl (C=O) groups is 1. The van der Waals surface area contributed by atoms with Gasteiger partial charge in [-0.1, -0.05) is 44.2 Å². The molecule has 1 saturated heterocycles. The van der Waals surface area contributed by atoms with Crippen molar-refractivity contribution >= 4 is 5.91 Å². The number of hydrogen-bond donors (Lipinski definition) is 1. The molecule has 122 valence electrons. The minimum absolute atomic E-state index is 0.0541. The molecule has 1 aromatic carbocycles. The standard InChI is InChI=1S/C19H30N2O/c1-14(2)17(16-9-5-4-6-10-16)13-19(22)21-12-8-7-11-18(21)15(3)20/h4-6,9-10,14-15,17-18H,7-8,11-13,20H2,1-3H3. The highest BCUT2D eigenvalue weighted by atomic mass is 16.2. The number of nitrogens with two attached hydrogens (primary N) is 1. The van der Waals surface area contributed by atoms with E-state index in [1.54, 1.807) is 0 Å². The number of nitrogens with zero attached hydrogens (tertiary/aromatic N) is 1. The first-order valence-corrected chi connectivity index (χ1v) is 8.60. The Morgan fingerprint density at radius 2 is 1.91 bits per heavy atom. The molecule has 2 N–H and O–H groups in total. The van der Waals surface area contributed by atoms with Gasteiger partial charge >= 0.3 is 0 Å². The number of likely N-dealkylation sites (tertiary alicyclic amines) is 1. The number of amides is 1. The van der Waals surface area contributed by atoms with E-state index in [1.165, 1.54) is 12.0 Å². The summed E-state index contributed by atoms with van der Waals surface area (Å²) in [6.45, 7) is 7.28. The van der Waals surface area contributed by atoms with Gasteiger partial charge in [-0.15, -0.1) is 0 Å². The average molecular weight is 302 g/mol. The van der Waals surface area contributed by atoms with Crippen LogP contribution in [-0.2, 0) is 4.79 Å². The summed E-state index contributed by atoms with van der Waals surface area (Å²) in [5.41, 5.74) is 7.37. The molecule has 3 heteroatoms. The topological polar surface area (TPSA) is 46.3 Å². The van der Waals surface area contributed by atoms with Gasteiger partial charge in [-0.05, 0) is 43.6 Å². The normalized spacial score (nSPS) is 21.7. The Kier molecular flexibility index (Phi) is 6.01. The summed E-state index contributed by atoms with van der Waals surface area (Å²) in [5.74, 6) is 0.999. The predicted molar refractivity (Wildman–Crippen MR) is 91.6 cm³/mol. The molecule has 1 amide bonds. The Bertz CT molecular complexity index is 470. The van der Waals surface area contributed by atoms with Gasteiger partial charge in [-0.3, -0.25) is 4.79 Å². The molecule has 1 heterocycles. The molecule has 1 fully saturated rings. The van der Waals surface area contributed by atoms with Crippen LogP contribution in [0, 0.1) is 5.92 Å². The van der Waals surface area contributed by atoms with Gasteiger partial charge < -0.3 is 10.6 Å². The molecule has 3 nitrogen and oxygen atoms in total. The number of rotatable bonds is 5. The molecule has 22 heavy (non-hydrogen) atoms. The molecule has 1 aliphatic heterocycles. The third-order valence-electron chi connectivity index (χ3n) is 4.90. The van der Waals surface area contributed by atoms with E-state index in [1.807, 2.05) is 17.9 Å². The zero-order valence-electron chi connectivity index (χ0n) is 14.2. The van der Waals surface area contributed by atoms with Crippen molar-refractivity contribution < 1.29 is 4.79 Å². The predicted octanol–water partition coefficient (Wildman–Crippen LogP) is 3.54. The fraction of sp³-hybridized carbons (Fsp3) is 0.632. The largest absolute Gasteiger partial charge is 0.338 e. The summed E-state index contributed by atoms with van der Waals surface area (Å²) in [6, 6.07) is 10.7. The van der Waals surface area contributed by atoms with Crippen LogP contribution in [0.2, 0.25) is 0 Å². The van der Waals surface area contributed by atoms with Gasteiger partial charge in [0.15, 0.2) is 0 Å². The van der Waals surface area contributed by atoms with Crippen LogP contribution in [0.5, 0.6) is 0 Å². The Morgan fingerprint density at radius 1 is 1.23 bits per heavy atom. The first kappa shape index (κ1) is 17.0. The van der Waals surface area contributed by atoms with E-state index in [0.29, 0.717) is 12.3 Å². The zero-order chi connectivity index (χ0) is 16.1. The molecular formula is C19H30N2O. The summed E-state index contributed by atoms with van der Waals surface area (Å²) >= 11 is 0. The van der Waals surface area contributed by atoms with Crippen molar-refractivity contribution in [2.75, 3.05) is 6.54 Å². The van der Waals surface area contributed by atoms with Gasteiger partial charge in [-0.25, -0.2) is 0 Å². The zero-order valence-corrected chi connectivity index (χ0v) is 14.2. The minimum Gasteiger partial charge on any atom is -0.338 e. The molecule has 1 aliphatic rings. The smallest absolute Gasteiger partial charge is 0.223 e. The number of benzene rings is 1. The monoisotopic (exact) mass is 302 g/mol. The number of carbonyl (C=O) groups excluding carboxylic acids is 1. The lowest BCUT2D eigenvalue weighted by molar-refractivity contribution is -0.136. The van der Waals surface area contributed by atoms with E-state index in [2.05, 4.69) is 38.1 Å². The average Bonchev–Trinajstić information content (AvgIpc) is 2.52. The SMILES string of the molecule is CC(C)C(CC(=O)N1CCCCC1C(C)N)c1ccccc1. The summed E-state index contributed by atoms with van der Waals surface area (Å²) in [5, 5.41) is 0. The summed E-state index contributed by atoms with van der Waals surface area (Å²) in [7, 11) is 0. The molecule has 0 saturated carbocycles. The third-order valence-corrected chi connectivity index (χ3v) is 4.90. The number of piperidine rings is 1. The Labute approximate surface area is 134 Å². The van der Waals surface area contributed by atoms with Crippen molar-refractivity contribution in [2.45, 2.75) is 64.5 Å². The maximum Gasteiger partial charge on any atom is 0.223 e. The Hall–Kier alpha value is -1.35. The van der Waals surface area contributed by atoms with Crippen LogP contribution in [0.4, 0.5) is 0 Å². The maximum atomic E-state index is 12.9. The lowest BCUT2D eigenvalue weighted by Gasteiger charge is -2.39. The van der Waals surface area contributed by atoms with Crippen molar-refractivity contribution in [3.63, 3.8) is 0 Å². The van der Waals surface area contributed by atoms with Crippen LogP contribution in [0.3, 0.4) is 0 Å². The molecule has 3 unspecified atom stereocenters. The van der Waals surface area contributed by atoms with E-state index in [9.17, 15) is 4.79 Å². The molecule has 0 aromatic heterocycles. The first-order valence-electron chi connectivity index (χ1n) is 8.60. The molecule has 0 radical (unpaired) electrons. The fourth-order valence-corrected chi connectivity index (χ4v) is 3.56.